The van der Waals surface area contributed by atoms with Crippen LogP contribution in [0.3, 0.4) is 0 Å². The Morgan fingerprint density at radius 3 is 2.69 bits per heavy atom. The highest BCUT2D eigenvalue weighted by atomic mass is 35.5. The lowest BCUT2D eigenvalue weighted by Crippen LogP contribution is -2.36. The fraction of sp³-hybridized carbons (Fsp3) is 0.160. The van der Waals surface area contributed by atoms with Crippen LogP contribution in [0.2, 0.25) is 0 Å². The first-order chi connectivity index (χ1) is 14.2. The van der Waals surface area contributed by atoms with E-state index in [2.05, 4.69) is 71.0 Å². The number of benzene rings is 2. The molecule has 29 heavy (non-hydrogen) atoms. The molecule has 4 heteroatoms. The molecule has 1 aliphatic rings. The molecule has 0 atom stereocenters. The summed E-state index contributed by atoms with van der Waals surface area (Å²) in [5, 5.41) is 11.2. The zero-order chi connectivity index (χ0) is 20.2. The number of aromatic nitrogens is 1. The van der Waals surface area contributed by atoms with Crippen LogP contribution >= 0.6 is 11.6 Å². The molecule has 4 rings (SSSR count). The smallest absolute Gasteiger partial charge is 0.213 e. The highest BCUT2D eigenvalue weighted by Crippen LogP contribution is 2.37. The molecule has 0 aliphatic carbocycles. The fourth-order valence-electron chi connectivity index (χ4n) is 3.82. The van der Waals surface area contributed by atoms with E-state index < -0.39 is 0 Å². The normalized spacial score (nSPS) is 15.2. The van der Waals surface area contributed by atoms with Crippen molar-refractivity contribution in [2.45, 2.75) is 13.5 Å². The van der Waals surface area contributed by atoms with Crippen LogP contribution in [0.15, 0.2) is 84.2 Å². The van der Waals surface area contributed by atoms with E-state index in [1.165, 1.54) is 5.56 Å². The summed E-state index contributed by atoms with van der Waals surface area (Å²) >= 11 is 6.53. The van der Waals surface area contributed by atoms with Crippen molar-refractivity contribution in [2.24, 2.45) is 0 Å². The molecule has 1 aliphatic heterocycles. The Morgan fingerprint density at radius 2 is 1.86 bits per heavy atom. The number of hydrogen-bond acceptors (Lipinski definition) is 2. The van der Waals surface area contributed by atoms with E-state index in [0.29, 0.717) is 6.54 Å². The molecular weight excluding hydrogens is 380 g/mol. The Hall–Kier alpha value is -2.88. The summed E-state index contributed by atoms with van der Waals surface area (Å²) in [6.07, 6.45) is 10.4. The number of nitrogens with zero attached hydrogens (tertiary/aromatic N) is 2. The van der Waals surface area contributed by atoms with Gasteiger partial charge in [0, 0.05) is 29.9 Å². The lowest BCUT2D eigenvalue weighted by Gasteiger charge is -2.29. The van der Waals surface area contributed by atoms with Crippen molar-refractivity contribution >= 4 is 39.8 Å². The minimum absolute atomic E-state index is 0.122. The minimum atomic E-state index is 0.122. The third kappa shape index (κ3) is 3.84. The SMILES string of the molecule is CCN1C(Cl)=C/C(=C\C=C\c2cc[n+](CCO)c3ccccc23)c2ccccc21. The Bertz CT molecular complexity index is 1130. The van der Waals surface area contributed by atoms with E-state index in [9.17, 15) is 5.11 Å². The van der Waals surface area contributed by atoms with E-state index >= 15 is 0 Å². The maximum Gasteiger partial charge on any atom is 0.213 e. The Kier molecular flexibility index (Phi) is 5.79. The summed E-state index contributed by atoms with van der Waals surface area (Å²) in [5.41, 5.74) is 5.67. The Balaban J connectivity index is 1.71. The molecule has 2 aromatic carbocycles. The van der Waals surface area contributed by atoms with Crippen molar-refractivity contribution in [3.05, 3.63) is 95.3 Å². The van der Waals surface area contributed by atoms with Crippen LogP contribution in [0.25, 0.3) is 22.6 Å². The number of hydrogen-bond donors (Lipinski definition) is 1. The molecule has 0 bridgehead atoms. The number of pyridine rings is 1. The van der Waals surface area contributed by atoms with Crippen LogP contribution in [-0.4, -0.2) is 18.3 Å². The van der Waals surface area contributed by atoms with Crippen molar-refractivity contribution in [1.29, 1.82) is 0 Å². The molecule has 0 spiro atoms. The summed E-state index contributed by atoms with van der Waals surface area (Å²) < 4.78 is 2.07. The van der Waals surface area contributed by atoms with Crippen LogP contribution < -0.4 is 9.47 Å². The molecule has 0 saturated heterocycles. The van der Waals surface area contributed by atoms with Gasteiger partial charge in [0.05, 0.1) is 5.39 Å². The third-order valence-corrected chi connectivity index (χ3v) is 5.52. The second-order valence-corrected chi connectivity index (χ2v) is 7.30. The van der Waals surface area contributed by atoms with Gasteiger partial charge in [0.25, 0.3) is 0 Å². The van der Waals surface area contributed by atoms with E-state index in [1.54, 1.807) is 0 Å². The highest BCUT2D eigenvalue weighted by molar-refractivity contribution is 6.32. The lowest BCUT2D eigenvalue weighted by molar-refractivity contribution is -0.672. The molecule has 0 saturated carbocycles. The summed E-state index contributed by atoms with van der Waals surface area (Å²) in [6, 6.07) is 18.7. The molecule has 3 nitrogen and oxygen atoms in total. The highest BCUT2D eigenvalue weighted by Gasteiger charge is 2.19. The Labute approximate surface area is 176 Å². The van der Waals surface area contributed by atoms with E-state index in [0.717, 1.165) is 39.4 Å². The third-order valence-electron chi connectivity index (χ3n) is 5.21. The predicted octanol–water partition coefficient (Wildman–Crippen LogP) is 5.14. The van der Waals surface area contributed by atoms with Crippen LogP contribution in [-0.2, 0) is 6.54 Å². The number of anilines is 1. The van der Waals surface area contributed by atoms with Crippen molar-refractivity contribution in [2.75, 3.05) is 18.1 Å². The average Bonchev–Trinajstić information content (AvgIpc) is 2.75. The first-order valence-electron chi connectivity index (χ1n) is 9.87. The van der Waals surface area contributed by atoms with E-state index in [4.69, 9.17) is 11.6 Å². The molecule has 0 unspecified atom stereocenters. The van der Waals surface area contributed by atoms with Crippen molar-refractivity contribution in [3.63, 3.8) is 0 Å². The largest absolute Gasteiger partial charge is 0.390 e. The van der Waals surface area contributed by atoms with Gasteiger partial charge in [0.1, 0.15) is 11.8 Å². The predicted molar refractivity (Wildman–Crippen MR) is 122 cm³/mol. The topological polar surface area (TPSA) is 27.4 Å². The van der Waals surface area contributed by atoms with Crippen LogP contribution in [0, 0.1) is 0 Å². The summed E-state index contributed by atoms with van der Waals surface area (Å²) in [7, 11) is 0. The van der Waals surface area contributed by atoms with Crippen LogP contribution in [0.5, 0.6) is 0 Å². The minimum Gasteiger partial charge on any atom is -0.390 e. The maximum atomic E-state index is 9.31. The summed E-state index contributed by atoms with van der Waals surface area (Å²) in [5.74, 6) is 0. The second-order valence-electron chi connectivity index (χ2n) is 6.91. The number of aliphatic hydroxyl groups is 1. The van der Waals surface area contributed by atoms with Crippen LogP contribution in [0.4, 0.5) is 5.69 Å². The van der Waals surface area contributed by atoms with Gasteiger partial charge >= 0.3 is 0 Å². The van der Waals surface area contributed by atoms with E-state index in [-0.39, 0.29) is 6.61 Å². The van der Waals surface area contributed by atoms with Crippen molar-refractivity contribution < 1.29 is 9.67 Å². The second kappa shape index (κ2) is 8.64. The van der Waals surface area contributed by atoms with Gasteiger partial charge in [-0.1, -0.05) is 60.2 Å². The van der Waals surface area contributed by atoms with Gasteiger partial charge in [-0.25, -0.2) is 0 Å². The number of rotatable bonds is 5. The molecule has 0 amide bonds. The maximum absolute atomic E-state index is 9.31. The van der Waals surface area contributed by atoms with E-state index in [1.807, 2.05) is 30.5 Å². The van der Waals surface area contributed by atoms with Gasteiger partial charge < -0.3 is 10.0 Å². The number of aliphatic hydroxyl groups excluding tert-OH is 1. The molecule has 1 aromatic heterocycles. The zero-order valence-corrected chi connectivity index (χ0v) is 17.2. The molecule has 1 N–H and O–H groups in total. The standard InChI is InChI=1S/C25H24ClN2O/c1-2-28-24-13-6-4-11-22(24)20(18-25(28)26)9-7-8-19-14-15-27(16-17-29)23-12-5-3-10-21(19)23/h3-15,18,29H,2,16-17H2,1H3/q+1. The quantitative estimate of drug-likeness (QED) is 0.472. The molecule has 146 valence electrons. The zero-order valence-electron chi connectivity index (χ0n) is 16.4. The van der Waals surface area contributed by atoms with Crippen LogP contribution in [0.1, 0.15) is 18.1 Å². The van der Waals surface area contributed by atoms with Gasteiger partial charge in [-0.3, -0.25) is 0 Å². The summed E-state index contributed by atoms with van der Waals surface area (Å²) in [4.78, 5) is 2.11. The molecule has 0 fully saturated rings. The molecular formula is C25H24ClN2O+. The van der Waals surface area contributed by atoms with Gasteiger partial charge in [-0.15, -0.1) is 0 Å². The average molecular weight is 404 g/mol. The monoisotopic (exact) mass is 403 g/mol. The number of halogens is 1. The molecule has 0 radical (unpaired) electrons. The first-order valence-corrected chi connectivity index (χ1v) is 10.2. The number of para-hydroxylation sites is 2. The number of allylic oxidation sites excluding steroid dienone is 4. The van der Waals surface area contributed by atoms with Gasteiger partial charge in [-0.05, 0) is 36.3 Å². The first kappa shape index (κ1) is 19.4. The fourth-order valence-corrected chi connectivity index (χ4v) is 4.15. The Morgan fingerprint density at radius 1 is 1.07 bits per heavy atom. The van der Waals surface area contributed by atoms with Gasteiger partial charge in [0.15, 0.2) is 12.7 Å². The van der Waals surface area contributed by atoms with Crippen molar-refractivity contribution in [1.82, 2.24) is 0 Å². The summed E-state index contributed by atoms with van der Waals surface area (Å²) in [6.45, 7) is 3.64. The van der Waals surface area contributed by atoms with Gasteiger partial charge in [0.2, 0.25) is 5.52 Å². The van der Waals surface area contributed by atoms with Gasteiger partial charge in [-0.2, -0.15) is 4.57 Å². The number of fused-ring (bicyclic) bond motifs is 2. The van der Waals surface area contributed by atoms with Crippen molar-refractivity contribution in [3.8, 4) is 0 Å². The molecule has 2 heterocycles. The lowest BCUT2D eigenvalue weighted by atomic mass is 9.99. The molecule has 3 aromatic rings.